The van der Waals surface area contributed by atoms with Gasteiger partial charge in [0.1, 0.15) is 17.1 Å². The van der Waals surface area contributed by atoms with Crippen LogP contribution in [0.2, 0.25) is 0 Å². The lowest BCUT2D eigenvalue weighted by Crippen LogP contribution is -2.10. The Hall–Kier alpha value is -2.63. The molecular formula is C15H17N3O3. The number of hydrogen-bond donors (Lipinski definition) is 1. The molecule has 0 aliphatic carbocycles. The van der Waals surface area contributed by atoms with E-state index in [1.165, 1.54) is 6.20 Å². The second-order valence-corrected chi connectivity index (χ2v) is 4.17. The molecule has 0 unspecified atom stereocenters. The van der Waals surface area contributed by atoms with Gasteiger partial charge in [-0.25, -0.2) is 14.8 Å². The zero-order chi connectivity index (χ0) is 15.2. The first kappa shape index (κ1) is 14.8. The average Bonchev–Trinajstić information content (AvgIpc) is 2.48. The fourth-order valence-electron chi connectivity index (χ4n) is 1.79. The topological polar surface area (TPSA) is 87.3 Å². The van der Waals surface area contributed by atoms with Crippen LogP contribution in [0.5, 0.6) is 5.75 Å². The summed E-state index contributed by atoms with van der Waals surface area (Å²) in [6.45, 7) is 4.49. The molecule has 0 saturated carbocycles. The highest BCUT2D eigenvalue weighted by Crippen LogP contribution is 2.22. The third-order valence-corrected chi connectivity index (χ3v) is 2.72. The van der Waals surface area contributed by atoms with Crippen LogP contribution in [0.4, 0.5) is 5.82 Å². The molecule has 0 aliphatic rings. The second-order valence-electron chi connectivity index (χ2n) is 4.17. The van der Waals surface area contributed by atoms with Crippen molar-refractivity contribution in [3.05, 3.63) is 36.0 Å². The number of nitrogens with zero attached hydrogens (tertiary/aromatic N) is 2. The fourth-order valence-corrected chi connectivity index (χ4v) is 1.79. The number of hydrogen-bond acceptors (Lipinski definition) is 6. The van der Waals surface area contributed by atoms with Gasteiger partial charge in [-0.2, -0.15) is 0 Å². The van der Waals surface area contributed by atoms with Crippen molar-refractivity contribution in [1.82, 2.24) is 9.97 Å². The summed E-state index contributed by atoms with van der Waals surface area (Å²) < 4.78 is 10.3. The zero-order valence-corrected chi connectivity index (χ0v) is 12.0. The number of nitrogens with two attached hydrogens (primary N) is 1. The third-order valence-electron chi connectivity index (χ3n) is 2.72. The van der Waals surface area contributed by atoms with Crippen LogP contribution in [0.1, 0.15) is 24.2 Å². The molecule has 0 atom stereocenters. The van der Waals surface area contributed by atoms with Gasteiger partial charge in [0.15, 0.2) is 5.82 Å². The zero-order valence-electron chi connectivity index (χ0n) is 12.0. The predicted molar refractivity (Wildman–Crippen MR) is 79.0 cm³/mol. The van der Waals surface area contributed by atoms with E-state index in [0.29, 0.717) is 12.4 Å². The van der Waals surface area contributed by atoms with Crippen LogP contribution in [-0.2, 0) is 4.74 Å². The molecule has 0 radical (unpaired) electrons. The quantitative estimate of drug-likeness (QED) is 0.849. The minimum atomic E-state index is -0.524. The van der Waals surface area contributed by atoms with Crippen molar-refractivity contribution in [2.75, 3.05) is 18.9 Å². The normalized spacial score (nSPS) is 10.2. The lowest BCUT2D eigenvalue weighted by atomic mass is 10.2. The van der Waals surface area contributed by atoms with Gasteiger partial charge >= 0.3 is 5.97 Å². The maximum atomic E-state index is 11.7. The van der Waals surface area contributed by atoms with Gasteiger partial charge < -0.3 is 15.2 Å². The number of carbonyl (C=O) groups excluding carboxylic acids is 1. The summed E-state index contributed by atoms with van der Waals surface area (Å²) in [5, 5.41) is 0. The number of rotatable bonds is 5. The van der Waals surface area contributed by atoms with E-state index in [0.717, 1.165) is 11.3 Å². The van der Waals surface area contributed by atoms with Gasteiger partial charge in [-0.1, -0.05) is 12.1 Å². The smallest absolute Gasteiger partial charge is 0.343 e. The number of carbonyl (C=O) groups is 1. The lowest BCUT2D eigenvalue weighted by Gasteiger charge is -2.08. The Kier molecular flexibility index (Phi) is 4.71. The number of aromatic nitrogens is 2. The van der Waals surface area contributed by atoms with Crippen molar-refractivity contribution in [2.24, 2.45) is 0 Å². The summed E-state index contributed by atoms with van der Waals surface area (Å²) in [4.78, 5) is 20.0. The van der Waals surface area contributed by atoms with E-state index in [4.69, 9.17) is 15.2 Å². The van der Waals surface area contributed by atoms with Crippen LogP contribution >= 0.6 is 0 Å². The summed E-state index contributed by atoms with van der Waals surface area (Å²) in [6, 6.07) is 7.37. The molecule has 0 aliphatic heterocycles. The Morgan fingerprint density at radius 2 is 2.10 bits per heavy atom. The van der Waals surface area contributed by atoms with Crippen LogP contribution in [0.3, 0.4) is 0 Å². The number of ether oxygens (including phenoxy) is 2. The van der Waals surface area contributed by atoms with E-state index < -0.39 is 5.97 Å². The molecule has 1 heterocycles. The molecule has 6 heteroatoms. The SMILES string of the molecule is CCOC(=O)c1cnc(-c2cccc(OCC)c2)nc1N. The van der Waals surface area contributed by atoms with Crippen LogP contribution in [0.15, 0.2) is 30.5 Å². The highest BCUT2D eigenvalue weighted by molar-refractivity contribution is 5.94. The molecular weight excluding hydrogens is 270 g/mol. The molecule has 110 valence electrons. The van der Waals surface area contributed by atoms with Crippen molar-refractivity contribution in [3.63, 3.8) is 0 Å². The molecule has 1 aromatic heterocycles. The summed E-state index contributed by atoms with van der Waals surface area (Å²) in [7, 11) is 0. The van der Waals surface area contributed by atoms with Crippen molar-refractivity contribution < 1.29 is 14.3 Å². The largest absolute Gasteiger partial charge is 0.494 e. The Bertz CT molecular complexity index is 644. The van der Waals surface area contributed by atoms with E-state index in [-0.39, 0.29) is 18.0 Å². The molecule has 21 heavy (non-hydrogen) atoms. The van der Waals surface area contributed by atoms with E-state index >= 15 is 0 Å². The van der Waals surface area contributed by atoms with Gasteiger partial charge in [-0.15, -0.1) is 0 Å². The van der Waals surface area contributed by atoms with E-state index in [1.807, 2.05) is 31.2 Å². The standard InChI is InChI=1S/C15H17N3O3/c1-3-20-11-7-5-6-10(8-11)14-17-9-12(13(16)18-14)15(19)21-4-2/h5-9H,3-4H2,1-2H3,(H2,16,17,18). The van der Waals surface area contributed by atoms with Gasteiger partial charge in [0.05, 0.1) is 13.2 Å². The monoisotopic (exact) mass is 287 g/mol. The molecule has 2 N–H and O–H groups in total. The van der Waals surface area contributed by atoms with Crippen LogP contribution in [-0.4, -0.2) is 29.2 Å². The molecule has 2 aromatic rings. The Morgan fingerprint density at radius 3 is 2.76 bits per heavy atom. The predicted octanol–water partition coefficient (Wildman–Crippen LogP) is 2.30. The van der Waals surface area contributed by atoms with Gasteiger partial charge in [0, 0.05) is 11.8 Å². The summed E-state index contributed by atoms with van der Waals surface area (Å²) in [5.74, 6) is 0.735. The number of esters is 1. The average molecular weight is 287 g/mol. The lowest BCUT2D eigenvalue weighted by molar-refractivity contribution is 0.0527. The van der Waals surface area contributed by atoms with Crippen molar-refractivity contribution >= 4 is 11.8 Å². The third kappa shape index (κ3) is 3.47. The van der Waals surface area contributed by atoms with E-state index in [9.17, 15) is 4.79 Å². The van der Waals surface area contributed by atoms with E-state index in [1.54, 1.807) is 6.92 Å². The fraction of sp³-hybridized carbons (Fsp3) is 0.267. The van der Waals surface area contributed by atoms with E-state index in [2.05, 4.69) is 9.97 Å². The molecule has 2 rings (SSSR count). The van der Waals surface area contributed by atoms with Gasteiger partial charge in [0.2, 0.25) is 0 Å². The van der Waals surface area contributed by atoms with Crippen LogP contribution in [0, 0.1) is 0 Å². The molecule has 0 fully saturated rings. The van der Waals surface area contributed by atoms with Crippen LogP contribution in [0.25, 0.3) is 11.4 Å². The first-order valence-electron chi connectivity index (χ1n) is 6.68. The molecule has 6 nitrogen and oxygen atoms in total. The minimum Gasteiger partial charge on any atom is -0.494 e. The molecule has 0 amide bonds. The molecule has 0 saturated heterocycles. The molecule has 0 spiro atoms. The second kappa shape index (κ2) is 6.69. The summed E-state index contributed by atoms with van der Waals surface area (Å²) in [6.07, 6.45) is 1.38. The van der Waals surface area contributed by atoms with Gasteiger partial charge in [-0.3, -0.25) is 0 Å². The van der Waals surface area contributed by atoms with Crippen molar-refractivity contribution in [1.29, 1.82) is 0 Å². The molecule has 1 aromatic carbocycles. The Balaban J connectivity index is 2.31. The number of benzene rings is 1. The summed E-state index contributed by atoms with van der Waals surface area (Å²) >= 11 is 0. The Labute approximate surface area is 122 Å². The molecule has 0 bridgehead atoms. The number of anilines is 1. The maximum absolute atomic E-state index is 11.7. The highest BCUT2D eigenvalue weighted by Gasteiger charge is 2.14. The Morgan fingerprint density at radius 1 is 1.29 bits per heavy atom. The van der Waals surface area contributed by atoms with Crippen LogP contribution < -0.4 is 10.5 Å². The maximum Gasteiger partial charge on any atom is 0.343 e. The first-order valence-corrected chi connectivity index (χ1v) is 6.68. The summed E-state index contributed by atoms with van der Waals surface area (Å²) in [5.41, 5.74) is 6.74. The van der Waals surface area contributed by atoms with Crippen molar-refractivity contribution in [3.8, 4) is 17.1 Å². The van der Waals surface area contributed by atoms with Gasteiger partial charge in [0.25, 0.3) is 0 Å². The number of nitrogen functional groups attached to an aromatic ring is 1. The minimum absolute atomic E-state index is 0.0975. The van der Waals surface area contributed by atoms with Crippen molar-refractivity contribution in [2.45, 2.75) is 13.8 Å². The highest BCUT2D eigenvalue weighted by atomic mass is 16.5. The van der Waals surface area contributed by atoms with Gasteiger partial charge in [-0.05, 0) is 26.0 Å². The first-order chi connectivity index (χ1) is 10.2.